The molecule has 21 heavy (non-hydrogen) atoms. The Morgan fingerprint density at radius 3 is 1.90 bits per heavy atom. The normalized spacial score (nSPS) is 11.1. The van der Waals surface area contributed by atoms with Crippen LogP contribution in [0.5, 0.6) is 0 Å². The van der Waals surface area contributed by atoms with Gasteiger partial charge in [-0.15, -0.1) is 0 Å². The van der Waals surface area contributed by atoms with Crippen molar-refractivity contribution in [2.24, 2.45) is 0 Å². The van der Waals surface area contributed by atoms with E-state index in [1.807, 2.05) is 17.0 Å². The van der Waals surface area contributed by atoms with Crippen molar-refractivity contribution in [2.75, 3.05) is 13.2 Å². The molecule has 0 aromatic carbocycles. The van der Waals surface area contributed by atoms with E-state index in [0.717, 1.165) is 18.7 Å². The minimum absolute atomic E-state index is 0.182. The van der Waals surface area contributed by atoms with Gasteiger partial charge in [-0.1, -0.05) is 51.4 Å². The van der Waals surface area contributed by atoms with Gasteiger partial charge in [0.05, 0.1) is 6.61 Å². The summed E-state index contributed by atoms with van der Waals surface area (Å²) < 4.78 is 2.05. The molecule has 0 amide bonds. The molecule has 0 aliphatic rings. The van der Waals surface area contributed by atoms with Crippen LogP contribution < -0.4 is 0 Å². The lowest BCUT2D eigenvalue weighted by Crippen LogP contribution is -2.06. The van der Waals surface area contributed by atoms with Gasteiger partial charge in [0.2, 0.25) is 0 Å². The van der Waals surface area contributed by atoms with Crippen LogP contribution >= 0.6 is 0 Å². The molecule has 122 valence electrons. The molecule has 1 heterocycles. The van der Waals surface area contributed by atoms with Gasteiger partial charge in [0.1, 0.15) is 5.82 Å². The van der Waals surface area contributed by atoms with E-state index in [4.69, 9.17) is 10.2 Å². The molecule has 1 aromatic rings. The molecule has 0 saturated carbocycles. The second-order valence-corrected chi connectivity index (χ2v) is 5.77. The monoisotopic (exact) mass is 296 g/mol. The Balaban J connectivity index is 1.89. The Morgan fingerprint density at radius 2 is 1.33 bits per heavy atom. The Labute approximate surface area is 129 Å². The van der Waals surface area contributed by atoms with Crippen LogP contribution in [0.3, 0.4) is 0 Å². The number of nitrogens with zero attached hydrogens (tertiary/aromatic N) is 2. The average Bonchev–Trinajstić information content (AvgIpc) is 2.92. The summed E-state index contributed by atoms with van der Waals surface area (Å²) in [4.78, 5) is 4.35. The third-order valence-electron chi connectivity index (χ3n) is 3.95. The van der Waals surface area contributed by atoms with Crippen molar-refractivity contribution in [3.8, 4) is 0 Å². The van der Waals surface area contributed by atoms with Crippen molar-refractivity contribution >= 4 is 0 Å². The first-order valence-electron chi connectivity index (χ1n) is 8.60. The van der Waals surface area contributed by atoms with Gasteiger partial charge in [0, 0.05) is 32.0 Å². The van der Waals surface area contributed by atoms with Crippen LogP contribution in [0.4, 0.5) is 0 Å². The van der Waals surface area contributed by atoms with Crippen molar-refractivity contribution in [2.45, 2.75) is 77.2 Å². The standard InChI is InChI=1S/C17H32N2O2/c20-15-10-8-6-4-2-1-3-5-7-9-11-17-18-12-13-19(17)14-16-21/h12-13,20-21H,1-11,14-16H2. The van der Waals surface area contributed by atoms with Gasteiger partial charge in [-0.3, -0.25) is 0 Å². The highest BCUT2D eigenvalue weighted by Crippen LogP contribution is 2.12. The number of hydrogen-bond donors (Lipinski definition) is 2. The van der Waals surface area contributed by atoms with E-state index in [1.54, 1.807) is 0 Å². The van der Waals surface area contributed by atoms with Gasteiger partial charge in [0.15, 0.2) is 0 Å². The first kappa shape index (κ1) is 18.2. The Morgan fingerprint density at radius 1 is 0.762 bits per heavy atom. The molecule has 0 aliphatic heterocycles. The number of imidazole rings is 1. The number of rotatable bonds is 14. The predicted molar refractivity (Wildman–Crippen MR) is 86.3 cm³/mol. The third-order valence-corrected chi connectivity index (χ3v) is 3.95. The number of unbranched alkanes of at least 4 members (excludes halogenated alkanes) is 9. The summed E-state index contributed by atoms with van der Waals surface area (Å²) in [6.45, 7) is 1.18. The highest BCUT2D eigenvalue weighted by Gasteiger charge is 2.01. The van der Waals surface area contributed by atoms with Gasteiger partial charge in [0.25, 0.3) is 0 Å². The lowest BCUT2D eigenvalue weighted by atomic mass is 10.1. The quantitative estimate of drug-likeness (QED) is 0.518. The van der Waals surface area contributed by atoms with Crippen molar-refractivity contribution in [3.63, 3.8) is 0 Å². The molecule has 0 radical (unpaired) electrons. The average molecular weight is 296 g/mol. The first-order chi connectivity index (χ1) is 10.4. The molecule has 0 unspecified atom stereocenters. The predicted octanol–water partition coefficient (Wildman–Crippen LogP) is 3.31. The zero-order valence-electron chi connectivity index (χ0n) is 13.3. The van der Waals surface area contributed by atoms with Crippen LogP contribution in [0, 0.1) is 0 Å². The van der Waals surface area contributed by atoms with Crippen LogP contribution in [0.25, 0.3) is 0 Å². The number of aromatic nitrogens is 2. The second-order valence-electron chi connectivity index (χ2n) is 5.77. The molecule has 1 aromatic heterocycles. The largest absolute Gasteiger partial charge is 0.396 e. The van der Waals surface area contributed by atoms with Crippen molar-refractivity contribution in [1.29, 1.82) is 0 Å². The van der Waals surface area contributed by atoms with E-state index in [2.05, 4.69) is 4.98 Å². The molecule has 0 atom stereocenters. The van der Waals surface area contributed by atoms with Gasteiger partial charge < -0.3 is 14.8 Å². The zero-order chi connectivity index (χ0) is 15.2. The van der Waals surface area contributed by atoms with E-state index in [-0.39, 0.29) is 6.61 Å². The van der Waals surface area contributed by atoms with Crippen LogP contribution in [-0.2, 0) is 13.0 Å². The number of aliphatic hydroxyl groups excluding tert-OH is 2. The minimum atomic E-state index is 0.182. The highest BCUT2D eigenvalue weighted by molar-refractivity contribution is 4.92. The van der Waals surface area contributed by atoms with E-state index in [9.17, 15) is 0 Å². The Bertz CT molecular complexity index is 339. The fourth-order valence-electron chi connectivity index (χ4n) is 2.69. The lowest BCUT2D eigenvalue weighted by molar-refractivity contribution is 0.274. The Kier molecular flexibility index (Phi) is 11.1. The van der Waals surface area contributed by atoms with Crippen molar-refractivity contribution in [1.82, 2.24) is 9.55 Å². The second kappa shape index (κ2) is 12.8. The molecule has 0 spiro atoms. The molecule has 1 rings (SSSR count). The maximum atomic E-state index is 8.96. The summed E-state index contributed by atoms with van der Waals surface area (Å²) in [6, 6.07) is 0. The fraction of sp³-hybridized carbons (Fsp3) is 0.824. The first-order valence-corrected chi connectivity index (χ1v) is 8.60. The van der Waals surface area contributed by atoms with Crippen LogP contribution in [0.2, 0.25) is 0 Å². The topological polar surface area (TPSA) is 58.3 Å². The molecule has 2 N–H and O–H groups in total. The molecule has 0 bridgehead atoms. The molecule has 0 fully saturated rings. The summed E-state index contributed by atoms with van der Waals surface area (Å²) in [5.74, 6) is 1.10. The van der Waals surface area contributed by atoms with Gasteiger partial charge in [-0.25, -0.2) is 4.98 Å². The molecule has 0 aliphatic carbocycles. The van der Waals surface area contributed by atoms with Gasteiger partial charge in [-0.05, 0) is 12.8 Å². The molecular formula is C17H32N2O2. The molecule has 4 nitrogen and oxygen atoms in total. The van der Waals surface area contributed by atoms with Crippen molar-refractivity contribution in [3.05, 3.63) is 18.2 Å². The number of hydrogen-bond acceptors (Lipinski definition) is 3. The SMILES string of the molecule is OCCCCCCCCCCCCc1nccn1CCO. The third kappa shape index (κ3) is 8.89. The van der Waals surface area contributed by atoms with E-state index < -0.39 is 0 Å². The van der Waals surface area contributed by atoms with Gasteiger partial charge >= 0.3 is 0 Å². The molecule has 0 saturated heterocycles. The maximum Gasteiger partial charge on any atom is 0.108 e. The van der Waals surface area contributed by atoms with Crippen molar-refractivity contribution < 1.29 is 10.2 Å². The van der Waals surface area contributed by atoms with E-state index in [0.29, 0.717) is 13.2 Å². The lowest BCUT2D eigenvalue weighted by Gasteiger charge is -2.06. The summed E-state index contributed by atoms with van der Waals surface area (Å²) in [5, 5.41) is 17.6. The smallest absolute Gasteiger partial charge is 0.108 e. The zero-order valence-corrected chi connectivity index (χ0v) is 13.3. The van der Waals surface area contributed by atoms with Crippen LogP contribution in [0.1, 0.15) is 70.0 Å². The summed E-state index contributed by atoms with van der Waals surface area (Å²) in [7, 11) is 0. The van der Waals surface area contributed by atoms with Crippen LogP contribution in [0.15, 0.2) is 12.4 Å². The number of aliphatic hydroxyl groups is 2. The Hall–Kier alpha value is -0.870. The fourth-order valence-corrected chi connectivity index (χ4v) is 2.69. The number of aryl methyl sites for hydroxylation is 1. The summed E-state index contributed by atoms with van der Waals surface area (Å²) in [6.07, 6.45) is 17.3. The highest BCUT2D eigenvalue weighted by atomic mass is 16.3. The van der Waals surface area contributed by atoms with Gasteiger partial charge in [-0.2, -0.15) is 0 Å². The van der Waals surface area contributed by atoms with E-state index >= 15 is 0 Å². The minimum Gasteiger partial charge on any atom is -0.396 e. The summed E-state index contributed by atoms with van der Waals surface area (Å²) in [5.41, 5.74) is 0. The van der Waals surface area contributed by atoms with Crippen LogP contribution in [-0.4, -0.2) is 33.0 Å². The molecule has 4 heteroatoms. The van der Waals surface area contributed by atoms with E-state index in [1.165, 1.54) is 57.8 Å². The summed E-state index contributed by atoms with van der Waals surface area (Å²) >= 11 is 0. The molecular weight excluding hydrogens is 264 g/mol. The maximum absolute atomic E-state index is 8.96.